The number of carbonyl (C=O) groups excluding carboxylic acids is 1. The van der Waals surface area contributed by atoms with Crippen molar-refractivity contribution in [3.63, 3.8) is 0 Å². The minimum Gasteiger partial charge on any atom is -0.545 e. The molecule has 0 saturated carbocycles. The van der Waals surface area contributed by atoms with Gasteiger partial charge in [0.05, 0.1) is 12.1 Å². The van der Waals surface area contributed by atoms with Crippen LogP contribution in [0.25, 0.3) is 0 Å². The number of hydrogen-bond donors (Lipinski definition) is 0. The summed E-state index contributed by atoms with van der Waals surface area (Å²) in [4.78, 5) is 14.9. The molecule has 0 saturated heterocycles. The SMILES string of the molecule is CC1N(C)C=CN1Cc1ccc(C(=O)[O-])cc1. The molecule has 0 fully saturated rings. The second-order valence-electron chi connectivity index (χ2n) is 4.25. The van der Waals surface area contributed by atoms with Gasteiger partial charge in [0.15, 0.2) is 0 Å². The van der Waals surface area contributed by atoms with Crippen LogP contribution in [0.1, 0.15) is 22.8 Å². The first-order valence-electron chi connectivity index (χ1n) is 5.54. The third-order valence-corrected chi connectivity index (χ3v) is 3.12. The summed E-state index contributed by atoms with van der Waals surface area (Å²) in [6.07, 6.45) is 4.40. The molecule has 4 nitrogen and oxygen atoms in total. The van der Waals surface area contributed by atoms with Gasteiger partial charge in [-0.25, -0.2) is 0 Å². The minimum absolute atomic E-state index is 0.218. The Morgan fingerprint density at radius 1 is 1.29 bits per heavy atom. The fourth-order valence-electron chi connectivity index (χ4n) is 1.82. The monoisotopic (exact) mass is 231 g/mol. The van der Waals surface area contributed by atoms with E-state index in [4.69, 9.17) is 0 Å². The van der Waals surface area contributed by atoms with Crippen molar-refractivity contribution in [2.75, 3.05) is 7.05 Å². The van der Waals surface area contributed by atoms with Gasteiger partial charge >= 0.3 is 0 Å². The van der Waals surface area contributed by atoms with Crippen LogP contribution in [-0.2, 0) is 6.54 Å². The summed E-state index contributed by atoms with van der Waals surface area (Å²) < 4.78 is 0. The predicted molar refractivity (Wildman–Crippen MR) is 62.7 cm³/mol. The summed E-state index contributed by atoms with van der Waals surface area (Å²) in [6.45, 7) is 2.89. The predicted octanol–water partition coefficient (Wildman–Crippen LogP) is 0.615. The first-order chi connectivity index (χ1) is 8.08. The van der Waals surface area contributed by atoms with Crippen molar-refractivity contribution in [2.24, 2.45) is 0 Å². The van der Waals surface area contributed by atoms with E-state index in [-0.39, 0.29) is 5.56 Å². The molecule has 1 atom stereocenters. The average Bonchev–Trinajstić information content (AvgIpc) is 2.62. The highest BCUT2D eigenvalue weighted by Crippen LogP contribution is 2.17. The summed E-state index contributed by atoms with van der Waals surface area (Å²) >= 11 is 0. The number of carboxylic acids is 1. The Balaban J connectivity index is 2.05. The van der Waals surface area contributed by atoms with E-state index in [1.807, 2.05) is 31.6 Å². The zero-order valence-electron chi connectivity index (χ0n) is 9.96. The first kappa shape index (κ1) is 11.5. The molecule has 1 heterocycles. The fraction of sp³-hybridized carbons (Fsp3) is 0.308. The molecule has 1 aromatic carbocycles. The molecule has 0 spiro atoms. The summed E-state index contributed by atoms with van der Waals surface area (Å²) in [6, 6.07) is 6.81. The topological polar surface area (TPSA) is 46.6 Å². The van der Waals surface area contributed by atoms with Crippen LogP contribution in [-0.4, -0.2) is 29.0 Å². The van der Waals surface area contributed by atoms with E-state index in [0.29, 0.717) is 6.17 Å². The molecule has 17 heavy (non-hydrogen) atoms. The molecular formula is C13H15N2O2-. The van der Waals surface area contributed by atoms with Crippen molar-refractivity contribution >= 4 is 5.97 Å². The zero-order chi connectivity index (χ0) is 12.4. The zero-order valence-corrected chi connectivity index (χ0v) is 9.96. The molecule has 0 amide bonds. The van der Waals surface area contributed by atoms with E-state index in [9.17, 15) is 9.90 Å². The third kappa shape index (κ3) is 2.41. The molecule has 0 aromatic heterocycles. The second-order valence-corrected chi connectivity index (χ2v) is 4.25. The quantitative estimate of drug-likeness (QED) is 0.765. The lowest BCUT2D eigenvalue weighted by Crippen LogP contribution is -2.33. The van der Waals surface area contributed by atoms with Crippen LogP contribution in [0.4, 0.5) is 0 Å². The van der Waals surface area contributed by atoms with Crippen LogP contribution in [0.2, 0.25) is 0 Å². The van der Waals surface area contributed by atoms with Gasteiger partial charge < -0.3 is 19.7 Å². The van der Waals surface area contributed by atoms with Gasteiger partial charge in [0, 0.05) is 26.0 Å². The smallest absolute Gasteiger partial charge is 0.0978 e. The average molecular weight is 231 g/mol. The van der Waals surface area contributed by atoms with E-state index in [1.54, 1.807) is 12.1 Å². The Labute approximate surface area is 101 Å². The van der Waals surface area contributed by atoms with Crippen LogP contribution in [0.3, 0.4) is 0 Å². The van der Waals surface area contributed by atoms with Crippen LogP contribution in [0.5, 0.6) is 0 Å². The highest BCUT2D eigenvalue weighted by molar-refractivity contribution is 5.85. The standard InChI is InChI=1S/C13H16N2O2/c1-10-14(2)7-8-15(10)9-11-3-5-12(6-4-11)13(16)17/h3-8,10H,9H2,1-2H3,(H,16,17)/p-1. The molecule has 90 valence electrons. The molecule has 2 rings (SSSR count). The van der Waals surface area contributed by atoms with E-state index < -0.39 is 5.97 Å². The molecular weight excluding hydrogens is 216 g/mol. The summed E-state index contributed by atoms with van der Waals surface area (Å²) in [5, 5.41) is 10.6. The van der Waals surface area contributed by atoms with Crippen LogP contribution in [0, 0.1) is 0 Å². The molecule has 0 bridgehead atoms. The van der Waals surface area contributed by atoms with Crippen molar-refractivity contribution in [1.82, 2.24) is 9.80 Å². The summed E-state index contributed by atoms with van der Waals surface area (Å²) in [7, 11) is 2.03. The lowest BCUT2D eigenvalue weighted by Gasteiger charge is -2.27. The Kier molecular flexibility index (Phi) is 3.04. The normalized spacial score (nSPS) is 18.8. The van der Waals surface area contributed by atoms with Crippen molar-refractivity contribution in [3.8, 4) is 0 Å². The van der Waals surface area contributed by atoms with E-state index in [2.05, 4.69) is 16.7 Å². The van der Waals surface area contributed by atoms with Gasteiger partial charge in [0.25, 0.3) is 0 Å². The van der Waals surface area contributed by atoms with E-state index in [0.717, 1.165) is 12.1 Å². The van der Waals surface area contributed by atoms with Crippen LogP contribution < -0.4 is 5.11 Å². The molecule has 4 heteroatoms. The lowest BCUT2D eigenvalue weighted by atomic mass is 10.1. The fourth-order valence-corrected chi connectivity index (χ4v) is 1.82. The van der Waals surface area contributed by atoms with Crippen LogP contribution in [0.15, 0.2) is 36.7 Å². The molecule has 1 unspecified atom stereocenters. The van der Waals surface area contributed by atoms with Crippen molar-refractivity contribution in [1.29, 1.82) is 0 Å². The van der Waals surface area contributed by atoms with E-state index in [1.165, 1.54) is 0 Å². The highest BCUT2D eigenvalue weighted by atomic mass is 16.4. The van der Waals surface area contributed by atoms with Gasteiger partial charge in [-0.2, -0.15) is 0 Å². The number of hydrogen-bond acceptors (Lipinski definition) is 4. The lowest BCUT2D eigenvalue weighted by molar-refractivity contribution is -0.255. The van der Waals surface area contributed by atoms with Gasteiger partial charge in [0.2, 0.25) is 0 Å². The van der Waals surface area contributed by atoms with Crippen molar-refractivity contribution in [3.05, 3.63) is 47.8 Å². The highest BCUT2D eigenvalue weighted by Gasteiger charge is 2.18. The molecule has 1 aliphatic rings. The van der Waals surface area contributed by atoms with Crippen LogP contribution >= 0.6 is 0 Å². The Hall–Kier alpha value is -1.97. The van der Waals surface area contributed by atoms with Gasteiger partial charge in [0.1, 0.15) is 0 Å². The summed E-state index contributed by atoms with van der Waals surface area (Å²) in [5.74, 6) is -1.13. The van der Waals surface area contributed by atoms with Gasteiger partial charge in [-0.3, -0.25) is 0 Å². The molecule has 0 radical (unpaired) electrons. The number of nitrogens with zero attached hydrogens (tertiary/aromatic N) is 2. The van der Waals surface area contributed by atoms with E-state index >= 15 is 0 Å². The largest absolute Gasteiger partial charge is 0.545 e. The van der Waals surface area contributed by atoms with Crippen molar-refractivity contribution < 1.29 is 9.90 Å². The Bertz CT molecular complexity index is 439. The maximum absolute atomic E-state index is 10.6. The summed E-state index contributed by atoms with van der Waals surface area (Å²) in [5.41, 5.74) is 1.30. The molecule has 1 aromatic rings. The Morgan fingerprint density at radius 3 is 2.41 bits per heavy atom. The maximum atomic E-state index is 10.6. The van der Waals surface area contributed by atoms with Gasteiger partial charge in [-0.15, -0.1) is 0 Å². The molecule has 1 aliphatic heterocycles. The molecule has 0 N–H and O–H groups in total. The Morgan fingerprint density at radius 2 is 1.94 bits per heavy atom. The van der Waals surface area contributed by atoms with Gasteiger partial charge in [-0.1, -0.05) is 24.3 Å². The first-order valence-corrected chi connectivity index (χ1v) is 5.54. The minimum atomic E-state index is -1.13. The number of carbonyl (C=O) groups is 1. The number of benzene rings is 1. The van der Waals surface area contributed by atoms with Crippen molar-refractivity contribution in [2.45, 2.75) is 19.6 Å². The number of rotatable bonds is 3. The maximum Gasteiger partial charge on any atom is 0.0978 e. The van der Waals surface area contributed by atoms with Gasteiger partial charge in [-0.05, 0) is 18.1 Å². The molecule has 0 aliphatic carbocycles. The number of aromatic carboxylic acids is 1. The second kappa shape index (κ2) is 4.49. The third-order valence-electron chi connectivity index (χ3n) is 3.12. The number of carboxylic acid groups (broad SMARTS) is 1.